The number of aliphatic hydroxyl groups excluding tert-OH is 1. The normalized spacial score (nSPS) is 12.5. The van der Waals surface area contributed by atoms with E-state index in [1.165, 1.54) is 0 Å². The minimum atomic E-state index is -1.34. The summed E-state index contributed by atoms with van der Waals surface area (Å²) in [7, 11) is 0. The van der Waals surface area contributed by atoms with Crippen molar-refractivity contribution in [3.8, 4) is 0 Å². The lowest BCUT2D eigenvalue weighted by Crippen LogP contribution is -2.53. The molecule has 0 aromatic heterocycles. The number of amides is 2. The zero-order valence-corrected chi connectivity index (χ0v) is 17.5. The maximum absolute atomic E-state index is 12.3. The van der Waals surface area contributed by atoms with Gasteiger partial charge in [-0.05, 0) is 45.9 Å². The Bertz CT molecular complexity index is 829. The van der Waals surface area contributed by atoms with E-state index >= 15 is 0 Å². The van der Waals surface area contributed by atoms with Crippen LogP contribution in [0.5, 0.6) is 0 Å². The summed E-state index contributed by atoms with van der Waals surface area (Å²) in [5.74, 6) is -2.04. The largest absolute Gasteiger partial charge is 0.480 e. The molecule has 0 heterocycles. The molecule has 0 saturated carbocycles. The molecule has 2 amide bonds. The Morgan fingerprint density at radius 1 is 0.931 bits per heavy atom. The minimum absolute atomic E-state index is 0.00298. The van der Waals surface area contributed by atoms with Crippen molar-refractivity contribution in [1.82, 2.24) is 10.6 Å². The molecular weight excluding hydrogens is 491 g/mol. The smallest absolute Gasteiger partial charge is 0.408 e. The summed E-state index contributed by atoms with van der Waals surface area (Å²) in [6.07, 6.45) is -0.832. The van der Waals surface area contributed by atoms with E-state index in [2.05, 4.69) is 33.2 Å². The van der Waals surface area contributed by atoms with E-state index in [1.807, 2.05) is 18.2 Å². The number of carboxylic acids is 1. The molecule has 29 heavy (non-hydrogen) atoms. The zero-order chi connectivity index (χ0) is 21.2. The highest BCUT2D eigenvalue weighted by Gasteiger charge is 2.26. The molecule has 8 nitrogen and oxygen atoms in total. The SMILES string of the molecule is O=C(N[C@@H](CO)C(=O)N[C@H](Cc1ccc(I)cc1)C(=O)O)OCc1ccccc1. The summed E-state index contributed by atoms with van der Waals surface area (Å²) in [6.45, 7) is -0.709. The molecule has 0 fully saturated rings. The fourth-order valence-corrected chi connectivity index (χ4v) is 2.79. The van der Waals surface area contributed by atoms with Crippen molar-refractivity contribution in [2.24, 2.45) is 0 Å². The van der Waals surface area contributed by atoms with Gasteiger partial charge in [-0.2, -0.15) is 0 Å². The van der Waals surface area contributed by atoms with E-state index in [1.54, 1.807) is 36.4 Å². The topological polar surface area (TPSA) is 125 Å². The van der Waals surface area contributed by atoms with Crippen LogP contribution in [0.25, 0.3) is 0 Å². The highest BCUT2D eigenvalue weighted by atomic mass is 127. The molecule has 9 heteroatoms. The molecule has 2 atom stereocenters. The van der Waals surface area contributed by atoms with E-state index < -0.39 is 36.7 Å². The molecule has 154 valence electrons. The second-order valence-electron chi connectivity index (χ2n) is 6.17. The Morgan fingerprint density at radius 3 is 2.17 bits per heavy atom. The van der Waals surface area contributed by atoms with Crippen molar-refractivity contribution in [3.05, 3.63) is 69.3 Å². The number of halogens is 1. The number of carbonyl (C=O) groups is 3. The van der Waals surface area contributed by atoms with Crippen LogP contribution in [0.1, 0.15) is 11.1 Å². The molecule has 0 radical (unpaired) electrons. The predicted molar refractivity (Wildman–Crippen MR) is 113 cm³/mol. The van der Waals surface area contributed by atoms with E-state index in [-0.39, 0.29) is 13.0 Å². The number of nitrogens with one attached hydrogen (secondary N) is 2. The summed E-state index contributed by atoms with van der Waals surface area (Å²) in [4.78, 5) is 35.7. The average molecular weight is 512 g/mol. The second kappa shape index (κ2) is 11.4. The van der Waals surface area contributed by atoms with Gasteiger partial charge in [0.2, 0.25) is 5.91 Å². The van der Waals surface area contributed by atoms with Gasteiger partial charge in [-0.3, -0.25) is 4.79 Å². The van der Waals surface area contributed by atoms with Crippen molar-refractivity contribution in [2.75, 3.05) is 6.61 Å². The van der Waals surface area contributed by atoms with Gasteiger partial charge in [-0.25, -0.2) is 9.59 Å². The number of carboxylic acid groups (broad SMARTS) is 1. The molecule has 0 saturated heterocycles. The average Bonchev–Trinajstić information content (AvgIpc) is 2.72. The first-order valence-corrected chi connectivity index (χ1v) is 9.82. The summed E-state index contributed by atoms with van der Waals surface area (Å²) in [5.41, 5.74) is 1.49. The summed E-state index contributed by atoms with van der Waals surface area (Å²) >= 11 is 2.13. The number of aliphatic carboxylic acids is 1. The summed E-state index contributed by atoms with van der Waals surface area (Å²) in [6, 6.07) is 13.6. The maximum Gasteiger partial charge on any atom is 0.408 e. The molecule has 0 aliphatic heterocycles. The van der Waals surface area contributed by atoms with Crippen molar-refractivity contribution >= 4 is 40.6 Å². The van der Waals surface area contributed by atoms with Crippen LogP contribution in [-0.4, -0.2) is 46.9 Å². The van der Waals surface area contributed by atoms with Crippen molar-refractivity contribution < 1.29 is 29.3 Å². The van der Waals surface area contributed by atoms with Crippen molar-refractivity contribution in [1.29, 1.82) is 0 Å². The predicted octanol–water partition coefficient (Wildman–Crippen LogP) is 1.69. The van der Waals surface area contributed by atoms with Gasteiger partial charge in [-0.1, -0.05) is 42.5 Å². The number of aliphatic hydroxyl groups is 1. The molecule has 2 aromatic rings. The third kappa shape index (κ3) is 7.70. The maximum atomic E-state index is 12.3. The molecule has 2 aromatic carbocycles. The van der Waals surface area contributed by atoms with Gasteiger partial charge in [0, 0.05) is 9.99 Å². The van der Waals surface area contributed by atoms with Crippen LogP contribution in [0.15, 0.2) is 54.6 Å². The minimum Gasteiger partial charge on any atom is -0.480 e. The number of benzene rings is 2. The quantitative estimate of drug-likeness (QED) is 0.379. The summed E-state index contributed by atoms with van der Waals surface area (Å²) < 4.78 is 6.01. The molecular formula is C20H21IN2O6. The third-order valence-corrected chi connectivity index (χ3v) is 4.69. The first kappa shape index (κ1) is 22.6. The van der Waals surface area contributed by atoms with E-state index in [0.717, 1.165) is 14.7 Å². The van der Waals surface area contributed by atoms with Gasteiger partial charge in [-0.15, -0.1) is 0 Å². The molecule has 4 N–H and O–H groups in total. The van der Waals surface area contributed by atoms with Crippen LogP contribution >= 0.6 is 22.6 Å². The Hall–Kier alpha value is -2.66. The summed E-state index contributed by atoms with van der Waals surface area (Å²) in [5, 5.41) is 23.4. The molecule has 0 bridgehead atoms. The van der Waals surface area contributed by atoms with Crippen LogP contribution < -0.4 is 10.6 Å². The number of rotatable bonds is 9. The van der Waals surface area contributed by atoms with Gasteiger partial charge in [0.1, 0.15) is 18.7 Å². The van der Waals surface area contributed by atoms with Crippen LogP contribution in [0.2, 0.25) is 0 Å². The van der Waals surface area contributed by atoms with Crippen molar-refractivity contribution in [3.63, 3.8) is 0 Å². The number of hydrogen-bond donors (Lipinski definition) is 4. The molecule has 2 rings (SSSR count). The van der Waals surface area contributed by atoms with Gasteiger partial charge in [0.15, 0.2) is 0 Å². The number of ether oxygens (including phenoxy) is 1. The van der Waals surface area contributed by atoms with Crippen LogP contribution in [-0.2, 0) is 27.4 Å². The molecule has 0 unspecified atom stereocenters. The lowest BCUT2D eigenvalue weighted by Gasteiger charge is -2.20. The standard InChI is InChI=1S/C20H21IN2O6/c21-15-8-6-13(7-9-15)10-16(19(26)27)22-18(25)17(11-24)23-20(28)29-12-14-4-2-1-3-5-14/h1-9,16-17,24H,10-12H2,(H,22,25)(H,23,28)(H,26,27)/t16-,17+/m1/s1. The van der Waals surface area contributed by atoms with Gasteiger partial charge in [0.05, 0.1) is 6.61 Å². The fourth-order valence-electron chi connectivity index (χ4n) is 2.43. The third-order valence-electron chi connectivity index (χ3n) is 3.97. The van der Waals surface area contributed by atoms with Gasteiger partial charge in [0.25, 0.3) is 0 Å². The highest BCUT2D eigenvalue weighted by Crippen LogP contribution is 2.09. The van der Waals surface area contributed by atoms with E-state index in [9.17, 15) is 24.6 Å². The Kier molecular flexibility index (Phi) is 8.87. The Labute approximate surface area is 181 Å². The Balaban J connectivity index is 1.91. The number of hydrogen-bond acceptors (Lipinski definition) is 5. The highest BCUT2D eigenvalue weighted by molar-refractivity contribution is 14.1. The first-order chi connectivity index (χ1) is 13.9. The zero-order valence-electron chi connectivity index (χ0n) is 15.4. The van der Waals surface area contributed by atoms with Crippen LogP contribution in [0.3, 0.4) is 0 Å². The van der Waals surface area contributed by atoms with Crippen LogP contribution in [0, 0.1) is 3.57 Å². The van der Waals surface area contributed by atoms with Crippen LogP contribution in [0.4, 0.5) is 4.79 Å². The molecule has 0 aliphatic rings. The van der Waals surface area contributed by atoms with Crippen molar-refractivity contribution in [2.45, 2.75) is 25.1 Å². The number of carbonyl (C=O) groups excluding carboxylic acids is 2. The first-order valence-electron chi connectivity index (χ1n) is 8.74. The lowest BCUT2D eigenvalue weighted by atomic mass is 10.1. The monoisotopic (exact) mass is 512 g/mol. The number of alkyl carbamates (subject to hydrolysis) is 1. The Morgan fingerprint density at radius 2 is 1.59 bits per heavy atom. The lowest BCUT2D eigenvalue weighted by molar-refractivity contribution is -0.142. The molecule has 0 spiro atoms. The molecule has 0 aliphatic carbocycles. The second-order valence-corrected chi connectivity index (χ2v) is 7.42. The fraction of sp³-hybridized carbons (Fsp3) is 0.250. The van der Waals surface area contributed by atoms with E-state index in [4.69, 9.17) is 4.74 Å². The van der Waals surface area contributed by atoms with Gasteiger partial charge >= 0.3 is 12.1 Å². The van der Waals surface area contributed by atoms with Gasteiger partial charge < -0.3 is 25.6 Å². The van der Waals surface area contributed by atoms with E-state index in [0.29, 0.717) is 0 Å².